The van der Waals surface area contributed by atoms with E-state index in [1.165, 1.54) is 47.4 Å². The van der Waals surface area contributed by atoms with Crippen molar-refractivity contribution < 1.29 is 4.57 Å². The zero-order valence-electron chi connectivity index (χ0n) is 13.7. The van der Waals surface area contributed by atoms with Gasteiger partial charge in [0.1, 0.15) is 0 Å². The van der Waals surface area contributed by atoms with Crippen molar-refractivity contribution in [3.05, 3.63) is 40.7 Å². The van der Waals surface area contributed by atoms with Gasteiger partial charge < -0.3 is 0 Å². The van der Waals surface area contributed by atoms with Crippen LogP contribution in [-0.4, -0.2) is 0 Å². The van der Waals surface area contributed by atoms with Crippen molar-refractivity contribution in [1.82, 2.24) is 0 Å². The van der Waals surface area contributed by atoms with E-state index >= 15 is 0 Å². The number of hydrogen-bond acceptors (Lipinski definition) is 0. The molecule has 1 nitrogen and oxygen atoms in total. The number of aromatic nitrogens is 1. The fourth-order valence-corrected chi connectivity index (χ4v) is 3.17. The third-order valence-electron chi connectivity index (χ3n) is 4.21. The summed E-state index contributed by atoms with van der Waals surface area (Å²) in [6, 6.07) is 2.33. The van der Waals surface area contributed by atoms with Crippen LogP contribution >= 0.6 is 0 Å². The van der Waals surface area contributed by atoms with Gasteiger partial charge in [0, 0.05) is 28.7 Å². The number of hydrogen-bond donors (Lipinski definition) is 0. The number of rotatable bonds is 4. The molecule has 1 aliphatic heterocycles. The van der Waals surface area contributed by atoms with E-state index in [0.29, 0.717) is 5.92 Å². The first-order valence-corrected chi connectivity index (χ1v) is 7.94. The van der Waals surface area contributed by atoms with Gasteiger partial charge in [-0.25, -0.2) is 0 Å². The Balaban J connectivity index is 2.48. The molecule has 1 heteroatoms. The Morgan fingerprint density at radius 3 is 2.80 bits per heavy atom. The van der Waals surface area contributed by atoms with Crippen LogP contribution in [0.1, 0.15) is 62.5 Å². The molecule has 1 aromatic heterocycles. The van der Waals surface area contributed by atoms with Gasteiger partial charge in [-0.15, -0.1) is 0 Å². The number of allylic oxidation sites excluding steroid dienone is 3. The molecule has 0 fully saturated rings. The molecule has 2 heterocycles. The minimum absolute atomic E-state index is 0.621. The van der Waals surface area contributed by atoms with Gasteiger partial charge in [0.15, 0.2) is 6.54 Å². The molecular formula is C19H28N+. The van der Waals surface area contributed by atoms with Crippen LogP contribution in [-0.2, 0) is 6.54 Å². The molecule has 1 aliphatic rings. The van der Waals surface area contributed by atoms with Crippen LogP contribution < -0.4 is 4.57 Å². The van der Waals surface area contributed by atoms with Gasteiger partial charge in [-0.1, -0.05) is 38.8 Å². The molecule has 0 bridgehead atoms. The average Bonchev–Trinajstić information content (AvgIpc) is 2.38. The van der Waals surface area contributed by atoms with Crippen LogP contribution in [0.4, 0.5) is 0 Å². The Kier molecular flexibility index (Phi) is 4.80. The van der Waals surface area contributed by atoms with E-state index in [1.54, 1.807) is 0 Å². The Morgan fingerprint density at radius 2 is 2.10 bits per heavy atom. The van der Waals surface area contributed by atoms with Crippen LogP contribution in [0.2, 0.25) is 0 Å². The Bertz CT molecular complexity index is 549. The van der Waals surface area contributed by atoms with Crippen molar-refractivity contribution >= 4 is 11.6 Å². The summed E-state index contributed by atoms with van der Waals surface area (Å²) in [6.45, 7) is 12.4. The van der Waals surface area contributed by atoms with E-state index in [0.717, 1.165) is 6.54 Å². The quantitative estimate of drug-likeness (QED) is 0.544. The highest BCUT2D eigenvalue weighted by atomic mass is 15.0. The third-order valence-corrected chi connectivity index (χ3v) is 4.21. The lowest BCUT2D eigenvalue weighted by molar-refractivity contribution is -0.707. The van der Waals surface area contributed by atoms with Gasteiger partial charge >= 0.3 is 0 Å². The van der Waals surface area contributed by atoms with E-state index in [1.807, 2.05) is 0 Å². The van der Waals surface area contributed by atoms with Crippen molar-refractivity contribution in [1.29, 1.82) is 0 Å². The maximum absolute atomic E-state index is 2.52. The Morgan fingerprint density at radius 1 is 1.35 bits per heavy atom. The molecule has 1 aromatic rings. The highest BCUT2D eigenvalue weighted by Crippen LogP contribution is 2.23. The number of pyridine rings is 1. The molecule has 0 radical (unpaired) electrons. The highest BCUT2D eigenvalue weighted by molar-refractivity contribution is 5.62. The average molecular weight is 270 g/mol. The van der Waals surface area contributed by atoms with Gasteiger partial charge in [-0.05, 0) is 33.3 Å². The Hall–Kier alpha value is -1.37. The predicted octanol–water partition coefficient (Wildman–Crippen LogP) is 4.85. The summed E-state index contributed by atoms with van der Waals surface area (Å²) >= 11 is 0. The second-order valence-corrected chi connectivity index (χ2v) is 6.22. The molecule has 0 amide bonds. The van der Waals surface area contributed by atoms with Crippen molar-refractivity contribution in [2.45, 2.75) is 60.4 Å². The van der Waals surface area contributed by atoms with Crippen molar-refractivity contribution in [2.75, 3.05) is 0 Å². The van der Waals surface area contributed by atoms with Gasteiger partial charge in [0.25, 0.3) is 0 Å². The highest BCUT2D eigenvalue weighted by Gasteiger charge is 2.26. The summed E-state index contributed by atoms with van der Waals surface area (Å²) in [6.07, 6.45) is 10.8. The summed E-state index contributed by atoms with van der Waals surface area (Å²) in [4.78, 5) is 0. The standard InChI is InChI=1S/C19H28N/c1-6-7-8-9-15(3)19-17(5)12-16(4)18-11-10-14(2)13-20(18)19/h9-12,14H,6-8,13H2,1-5H3/q+1/b15-9+. The van der Waals surface area contributed by atoms with Gasteiger partial charge in [-0.3, -0.25) is 0 Å². The molecule has 0 spiro atoms. The number of unbranched alkanes of at least 4 members (excludes halogenated alkanes) is 2. The fraction of sp³-hybridized carbons (Fsp3) is 0.526. The summed E-state index contributed by atoms with van der Waals surface area (Å²) in [5, 5.41) is 0. The van der Waals surface area contributed by atoms with Crippen molar-refractivity contribution in [2.24, 2.45) is 5.92 Å². The molecule has 1 atom stereocenters. The Labute approximate surface area is 124 Å². The SMILES string of the molecule is CCCC/C=C(\C)c1c(C)cc(C)c2[n+]1CC(C)C=C2. The summed E-state index contributed by atoms with van der Waals surface area (Å²) in [5.41, 5.74) is 7.03. The molecule has 0 aromatic carbocycles. The van der Waals surface area contributed by atoms with E-state index in [9.17, 15) is 0 Å². The van der Waals surface area contributed by atoms with Crippen LogP contribution in [0.3, 0.4) is 0 Å². The van der Waals surface area contributed by atoms with Crippen LogP contribution in [0.25, 0.3) is 11.6 Å². The maximum atomic E-state index is 2.52. The van der Waals surface area contributed by atoms with Crippen LogP contribution in [0.15, 0.2) is 18.2 Å². The normalized spacial score (nSPS) is 18.2. The number of aryl methyl sites for hydroxylation is 2. The topological polar surface area (TPSA) is 3.88 Å². The summed E-state index contributed by atoms with van der Waals surface area (Å²) < 4.78 is 2.52. The molecule has 2 rings (SSSR count). The minimum atomic E-state index is 0.621. The van der Waals surface area contributed by atoms with Crippen molar-refractivity contribution in [3.63, 3.8) is 0 Å². The van der Waals surface area contributed by atoms with E-state index in [2.05, 4.69) is 63.5 Å². The molecule has 1 unspecified atom stereocenters. The van der Waals surface area contributed by atoms with E-state index < -0.39 is 0 Å². The van der Waals surface area contributed by atoms with Gasteiger partial charge in [-0.2, -0.15) is 4.57 Å². The summed E-state index contributed by atoms with van der Waals surface area (Å²) in [7, 11) is 0. The number of nitrogens with zero attached hydrogens (tertiary/aromatic N) is 1. The maximum Gasteiger partial charge on any atom is 0.211 e. The van der Waals surface area contributed by atoms with Crippen LogP contribution in [0, 0.1) is 19.8 Å². The van der Waals surface area contributed by atoms with E-state index in [4.69, 9.17) is 0 Å². The zero-order valence-corrected chi connectivity index (χ0v) is 13.7. The molecule has 0 saturated heterocycles. The zero-order chi connectivity index (χ0) is 14.7. The minimum Gasteiger partial charge on any atom is -0.191 e. The summed E-state index contributed by atoms with van der Waals surface area (Å²) in [5.74, 6) is 0.621. The first-order valence-electron chi connectivity index (χ1n) is 7.94. The van der Waals surface area contributed by atoms with E-state index in [-0.39, 0.29) is 0 Å². The van der Waals surface area contributed by atoms with Crippen LogP contribution in [0.5, 0.6) is 0 Å². The predicted molar refractivity (Wildman–Crippen MR) is 87.5 cm³/mol. The number of fused-ring (bicyclic) bond motifs is 1. The van der Waals surface area contributed by atoms with Gasteiger partial charge in [0.05, 0.1) is 0 Å². The third kappa shape index (κ3) is 3.03. The lowest BCUT2D eigenvalue weighted by Gasteiger charge is -2.17. The smallest absolute Gasteiger partial charge is 0.191 e. The molecule has 20 heavy (non-hydrogen) atoms. The van der Waals surface area contributed by atoms with Gasteiger partial charge in [0.2, 0.25) is 11.4 Å². The molecule has 108 valence electrons. The molecule has 0 aliphatic carbocycles. The first kappa shape index (κ1) is 15.0. The fourth-order valence-electron chi connectivity index (χ4n) is 3.17. The van der Waals surface area contributed by atoms with Crippen molar-refractivity contribution in [3.8, 4) is 0 Å². The molecular weight excluding hydrogens is 242 g/mol. The second kappa shape index (κ2) is 6.39. The lowest BCUT2D eigenvalue weighted by Crippen LogP contribution is -2.46. The monoisotopic (exact) mass is 270 g/mol. The largest absolute Gasteiger partial charge is 0.211 e. The second-order valence-electron chi connectivity index (χ2n) is 6.22. The lowest BCUT2D eigenvalue weighted by atomic mass is 9.97. The molecule has 0 N–H and O–H groups in total. The molecule has 0 saturated carbocycles. The first-order chi connectivity index (χ1) is 9.54.